The van der Waals surface area contributed by atoms with E-state index in [2.05, 4.69) is 30.7 Å². The molecule has 3 heterocycles. The summed E-state index contributed by atoms with van der Waals surface area (Å²) in [5.41, 5.74) is 1.01. The lowest BCUT2D eigenvalue weighted by atomic mass is 10.3. The average Bonchev–Trinajstić information content (AvgIpc) is 3.20. The van der Waals surface area contributed by atoms with E-state index in [1.54, 1.807) is 43.9 Å². The minimum Gasteiger partial charge on any atom is -0.368 e. The van der Waals surface area contributed by atoms with Crippen molar-refractivity contribution in [3.05, 3.63) is 58.3 Å². The average molecular weight is 382 g/mol. The lowest BCUT2D eigenvalue weighted by Gasteiger charge is -2.10. The van der Waals surface area contributed by atoms with E-state index in [9.17, 15) is 9.59 Å². The third-order valence-electron chi connectivity index (χ3n) is 4.15. The second kappa shape index (κ2) is 8.42. The van der Waals surface area contributed by atoms with Gasteiger partial charge in [0, 0.05) is 42.8 Å². The van der Waals surface area contributed by atoms with Gasteiger partial charge in [0.05, 0.1) is 6.33 Å². The topological polar surface area (TPSA) is 120 Å². The molecule has 2 N–H and O–H groups in total. The zero-order chi connectivity index (χ0) is 20.1. The molecule has 3 aromatic rings. The molecule has 0 unspecified atom stereocenters. The van der Waals surface area contributed by atoms with E-state index >= 15 is 0 Å². The number of hydrogen-bond donors (Lipinski definition) is 2. The summed E-state index contributed by atoms with van der Waals surface area (Å²) >= 11 is 0. The number of aryl methyl sites for hydroxylation is 2. The van der Waals surface area contributed by atoms with Gasteiger partial charge < -0.3 is 10.6 Å². The van der Waals surface area contributed by atoms with Crippen molar-refractivity contribution in [1.82, 2.24) is 34.6 Å². The largest absolute Gasteiger partial charge is 0.368 e. The Labute approximate surface area is 161 Å². The van der Waals surface area contributed by atoms with Crippen LogP contribution in [0.5, 0.6) is 0 Å². The van der Waals surface area contributed by atoms with Crippen molar-refractivity contribution in [2.45, 2.75) is 27.3 Å². The number of nitrogens with zero attached hydrogens (tertiary/aromatic N) is 6. The molecule has 146 valence electrons. The van der Waals surface area contributed by atoms with E-state index in [1.165, 1.54) is 10.9 Å². The van der Waals surface area contributed by atoms with Gasteiger partial charge in [0.25, 0.3) is 5.56 Å². The van der Waals surface area contributed by atoms with E-state index in [4.69, 9.17) is 0 Å². The van der Waals surface area contributed by atoms with Gasteiger partial charge in [-0.15, -0.1) is 0 Å². The van der Waals surface area contributed by atoms with Gasteiger partial charge in [-0.3, -0.25) is 14.2 Å². The van der Waals surface area contributed by atoms with E-state index in [-0.39, 0.29) is 18.0 Å². The fourth-order valence-electron chi connectivity index (χ4n) is 2.56. The highest BCUT2D eigenvalue weighted by atomic mass is 16.2. The zero-order valence-corrected chi connectivity index (χ0v) is 16.0. The van der Waals surface area contributed by atoms with Crippen molar-refractivity contribution in [2.24, 2.45) is 0 Å². The molecule has 0 radical (unpaired) electrons. The van der Waals surface area contributed by atoms with Crippen molar-refractivity contribution in [3.8, 4) is 5.82 Å². The van der Waals surface area contributed by atoms with Crippen LogP contribution in [0.15, 0.2) is 35.6 Å². The number of amides is 1. The molecule has 28 heavy (non-hydrogen) atoms. The molecule has 0 atom stereocenters. The van der Waals surface area contributed by atoms with E-state index in [0.717, 1.165) is 0 Å². The fourth-order valence-corrected chi connectivity index (χ4v) is 2.56. The Kier molecular flexibility index (Phi) is 5.78. The molecule has 10 nitrogen and oxygen atoms in total. The molecule has 10 heteroatoms. The minimum atomic E-state index is -0.259. The summed E-state index contributed by atoms with van der Waals surface area (Å²) in [7, 11) is 0. The number of nitrogens with one attached hydrogen (secondary N) is 2. The first kappa shape index (κ1) is 19.2. The molecule has 3 rings (SSSR count). The molecular weight excluding hydrogens is 360 g/mol. The van der Waals surface area contributed by atoms with Crippen LogP contribution in [0.2, 0.25) is 0 Å². The standard InChI is InChI=1S/C18H22N8O2/c1-12-13(2)21-11-25(18(12)28)10-17(27)20-7-6-19-15-9-16(24-14(3)23-15)26-8-4-5-22-26/h4-5,8-9,11H,6-7,10H2,1-3H3,(H,20,27)(H,19,23,24). The van der Waals surface area contributed by atoms with Gasteiger partial charge in [0.15, 0.2) is 5.82 Å². The molecule has 0 saturated heterocycles. The molecular formula is C18H22N8O2. The van der Waals surface area contributed by atoms with E-state index < -0.39 is 0 Å². The second-order valence-corrected chi connectivity index (χ2v) is 6.27. The van der Waals surface area contributed by atoms with Gasteiger partial charge in [-0.1, -0.05) is 0 Å². The molecule has 0 fully saturated rings. The predicted molar refractivity (Wildman–Crippen MR) is 103 cm³/mol. The monoisotopic (exact) mass is 382 g/mol. The van der Waals surface area contributed by atoms with Gasteiger partial charge in [-0.25, -0.2) is 19.6 Å². The Bertz CT molecular complexity index is 1030. The van der Waals surface area contributed by atoms with Gasteiger partial charge >= 0.3 is 0 Å². The van der Waals surface area contributed by atoms with Crippen LogP contribution in [0.1, 0.15) is 17.1 Å². The van der Waals surface area contributed by atoms with E-state index in [1.807, 2.05) is 6.07 Å². The van der Waals surface area contributed by atoms with Crippen LogP contribution < -0.4 is 16.2 Å². The van der Waals surface area contributed by atoms with Gasteiger partial charge in [-0.2, -0.15) is 5.10 Å². The molecule has 1 amide bonds. The van der Waals surface area contributed by atoms with Crippen LogP contribution in [-0.2, 0) is 11.3 Å². The molecule has 0 bridgehead atoms. The minimum absolute atomic E-state index is 0.0665. The Morgan fingerprint density at radius 1 is 1.18 bits per heavy atom. The maximum Gasteiger partial charge on any atom is 0.256 e. The van der Waals surface area contributed by atoms with Crippen molar-refractivity contribution >= 4 is 11.7 Å². The normalized spacial score (nSPS) is 10.7. The number of carbonyl (C=O) groups excluding carboxylic acids is 1. The van der Waals surface area contributed by atoms with Gasteiger partial charge in [0.2, 0.25) is 5.91 Å². The van der Waals surface area contributed by atoms with Crippen molar-refractivity contribution in [3.63, 3.8) is 0 Å². The summed E-state index contributed by atoms with van der Waals surface area (Å²) in [6, 6.07) is 3.60. The molecule has 0 saturated carbocycles. The summed E-state index contributed by atoms with van der Waals surface area (Å²) in [6.07, 6.45) is 4.87. The van der Waals surface area contributed by atoms with Crippen LogP contribution in [-0.4, -0.2) is 48.3 Å². The highest BCUT2D eigenvalue weighted by Crippen LogP contribution is 2.09. The number of aromatic nitrogens is 6. The van der Waals surface area contributed by atoms with Crippen LogP contribution >= 0.6 is 0 Å². The molecule has 0 aliphatic heterocycles. The predicted octanol–water partition coefficient (Wildman–Crippen LogP) is 0.373. The lowest BCUT2D eigenvalue weighted by molar-refractivity contribution is -0.121. The zero-order valence-electron chi connectivity index (χ0n) is 16.0. The number of carbonyl (C=O) groups is 1. The number of anilines is 1. The van der Waals surface area contributed by atoms with Crippen molar-refractivity contribution in [2.75, 3.05) is 18.4 Å². The Morgan fingerprint density at radius 2 is 2.00 bits per heavy atom. The van der Waals surface area contributed by atoms with Crippen LogP contribution in [0, 0.1) is 20.8 Å². The Morgan fingerprint density at radius 3 is 2.75 bits per heavy atom. The SMILES string of the molecule is Cc1nc(NCCNC(=O)Cn2cnc(C)c(C)c2=O)cc(-n2cccn2)n1. The van der Waals surface area contributed by atoms with Crippen LogP contribution in [0.4, 0.5) is 5.82 Å². The maximum atomic E-state index is 12.1. The molecule has 0 aliphatic carbocycles. The first-order valence-electron chi connectivity index (χ1n) is 8.83. The number of hydrogen-bond acceptors (Lipinski definition) is 7. The molecule has 0 aromatic carbocycles. The Balaban J connectivity index is 1.51. The molecule has 3 aromatic heterocycles. The number of rotatable bonds is 7. The van der Waals surface area contributed by atoms with Crippen LogP contribution in [0.3, 0.4) is 0 Å². The third-order valence-corrected chi connectivity index (χ3v) is 4.15. The molecule has 0 spiro atoms. The fraction of sp³-hybridized carbons (Fsp3) is 0.333. The summed E-state index contributed by atoms with van der Waals surface area (Å²) in [4.78, 5) is 37.0. The quantitative estimate of drug-likeness (QED) is 0.567. The third kappa shape index (κ3) is 4.58. The van der Waals surface area contributed by atoms with Crippen molar-refractivity contribution < 1.29 is 4.79 Å². The first-order chi connectivity index (χ1) is 13.4. The molecule has 0 aliphatic rings. The maximum absolute atomic E-state index is 12.1. The van der Waals surface area contributed by atoms with Gasteiger partial charge in [0.1, 0.15) is 18.2 Å². The smallest absolute Gasteiger partial charge is 0.256 e. The highest BCUT2D eigenvalue weighted by molar-refractivity contribution is 5.75. The van der Waals surface area contributed by atoms with Gasteiger partial charge in [-0.05, 0) is 26.8 Å². The summed E-state index contributed by atoms with van der Waals surface area (Å²) < 4.78 is 2.95. The first-order valence-corrected chi connectivity index (χ1v) is 8.83. The highest BCUT2D eigenvalue weighted by Gasteiger charge is 2.08. The summed E-state index contributed by atoms with van der Waals surface area (Å²) in [5, 5.41) is 10.1. The van der Waals surface area contributed by atoms with E-state index in [0.29, 0.717) is 41.8 Å². The second-order valence-electron chi connectivity index (χ2n) is 6.27. The van der Waals surface area contributed by atoms with Crippen LogP contribution in [0.25, 0.3) is 5.82 Å². The summed E-state index contributed by atoms with van der Waals surface area (Å²) in [5.74, 6) is 1.65. The van der Waals surface area contributed by atoms with Crippen molar-refractivity contribution in [1.29, 1.82) is 0 Å². The summed E-state index contributed by atoms with van der Waals surface area (Å²) in [6.45, 7) is 6.05. The lowest BCUT2D eigenvalue weighted by Crippen LogP contribution is -2.35. The Hall–Kier alpha value is -3.56.